The average molecular weight is 330 g/mol. The van der Waals surface area contributed by atoms with Crippen LogP contribution in [0.3, 0.4) is 0 Å². The van der Waals surface area contributed by atoms with Crippen LogP contribution in [0.2, 0.25) is 0 Å². The van der Waals surface area contributed by atoms with Crippen molar-refractivity contribution in [3.63, 3.8) is 0 Å². The Morgan fingerprint density at radius 1 is 0.917 bits per heavy atom. The molecule has 128 valence electrons. The lowest BCUT2D eigenvalue weighted by Gasteiger charge is -2.10. The molecular formula is C19H22O5. The van der Waals surface area contributed by atoms with Gasteiger partial charge in [-0.15, -0.1) is 0 Å². The van der Waals surface area contributed by atoms with E-state index in [2.05, 4.69) is 0 Å². The van der Waals surface area contributed by atoms with Crippen molar-refractivity contribution >= 4 is 5.78 Å². The highest BCUT2D eigenvalue weighted by molar-refractivity contribution is 5.99. The smallest absolute Gasteiger partial charge is 0.188 e. The number of hydrogen-bond acceptors (Lipinski definition) is 5. The highest BCUT2D eigenvalue weighted by Crippen LogP contribution is 2.26. The molecule has 0 unspecified atom stereocenters. The minimum absolute atomic E-state index is 0.0363. The van der Waals surface area contributed by atoms with Crippen molar-refractivity contribution in [1.82, 2.24) is 0 Å². The zero-order valence-electron chi connectivity index (χ0n) is 14.2. The zero-order valence-corrected chi connectivity index (χ0v) is 14.2. The maximum Gasteiger partial charge on any atom is 0.188 e. The Kier molecular flexibility index (Phi) is 6.63. The van der Waals surface area contributed by atoms with Crippen LogP contribution in [0.5, 0.6) is 17.2 Å². The molecule has 0 aliphatic rings. The first-order chi connectivity index (χ1) is 11.7. The van der Waals surface area contributed by atoms with Gasteiger partial charge in [-0.2, -0.15) is 0 Å². The third-order valence-corrected chi connectivity index (χ3v) is 3.62. The molecule has 0 fully saturated rings. The zero-order chi connectivity index (χ0) is 17.4. The van der Waals surface area contributed by atoms with Gasteiger partial charge in [-0.25, -0.2) is 0 Å². The molecule has 2 aromatic carbocycles. The number of carbonyl (C=O) groups excluding carboxylic acids is 1. The van der Waals surface area contributed by atoms with E-state index in [0.717, 1.165) is 11.3 Å². The number of aryl methyl sites for hydroxylation is 1. The second kappa shape index (κ2) is 8.93. The third-order valence-electron chi connectivity index (χ3n) is 3.62. The maximum absolute atomic E-state index is 12.4. The van der Waals surface area contributed by atoms with Crippen LogP contribution in [-0.4, -0.2) is 33.9 Å². The Hall–Kier alpha value is -2.53. The second-order valence-electron chi connectivity index (χ2n) is 5.18. The molecule has 24 heavy (non-hydrogen) atoms. The highest BCUT2D eigenvalue weighted by Gasteiger charge is 2.13. The highest BCUT2D eigenvalue weighted by atomic mass is 16.7. The maximum atomic E-state index is 12.4. The van der Waals surface area contributed by atoms with Gasteiger partial charge in [-0.3, -0.25) is 4.79 Å². The summed E-state index contributed by atoms with van der Waals surface area (Å²) in [6, 6.07) is 12.8. The molecule has 2 rings (SSSR count). The number of ether oxygens (including phenoxy) is 4. The van der Waals surface area contributed by atoms with Crippen molar-refractivity contribution in [2.75, 3.05) is 28.1 Å². The summed E-state index contributed by atoms with van der Waals surface area (Å²) in [4.78, 5) is 12.4. The van der Waals surface area contributed by atoms with Crippen molar-refractivity contribution in [1.29, 1.82) is 0 Å². The molecule has 0 aliphatic heterocycles. The van der Waals surface area contributed by atoms with Gasteiger partial charge in [-0.05, 0) is 36.2 Å². The van der Waals surface area contributed by atoms with E-state index in [0.29, 0.717) is 29.9 Å². The molecule has 2 aromatic rings. The van der Waals surface area contributed by atoms with Gasteiger partial charge in [0.25, 0.3) is 0 Å². The summed E-state index contributed by atoms with van der Waals surface area (Å²) in [7, 11) is 4.70. The molecule has 0 aromatic heterocycles. The fraction of sp³-hybridized carbons (Fsp3) is 0.316. The lowest BCUT2D eigenvalue weighted by Crippen LogP contribution is -2.04. The van der Waals surface area contributed by atoms with Crippen LogP contribution in [0.15, 0.2) is 42.5 Å². The molecule has 0 radical (unpaired) electrons. The van der Waals surface area contributed by atoms with E-state index >= 15 is 0 Å². The van der Waals surface area contributed by atoms with Crippen molar-refractivity contribution < 1.29 is 23.7 Å². The van der Waals surface area contributed by atoms with E-state index in [1.807, 2.05) is 24.3 Å². The summed E-state index contributed by atoms with van der Waals surface area (Å²) < 4.78 is 20.6. The summed E-state index contributed by atoms with van der Waals surface area (Å²) in [6.07, 6.45) is 1.06. The molecule has 0 N–H and O–H groups in total. The minimum atomic E-state index is 0.0363. The van der Waals surface area contributed by atoms with Gasteiger partial charge in [0, 0.05) is 19.6 Å². The van der Waals surface area contributed by atoms with Crippen LogP contribution in [0, 0.1) is 0 Å². The molecule has 0 atom stereocenters. The number of carbonyl (C=O) groups is 1. The number of rotatable bonds is 9. The van der Waals surface area contributed by atoms with Gasteiger partial charge >= 0.3 is 0 Å². The van der Waals surface area contributed by atoms with Gasteiger partial charge in [0.2, 0.25) is 0 Å². The second-order valence-corrected chi connectivity index (χ2v) is 5.18. The summed E-state index contributed by atoms with van der Waals surface area (Å²) >= 11 is 0. The summed E-state index contributed by atoms with van der Waals surface area (Å²) in [5, 5.41) is 0. The Balaban J connectivity index is 1.97. The molecule has 0 spiro atoms. The van der Waals surface area contributed by atoms with Crippen molar-refractivity contribution in [3.05, 3.63) is 53.6 Å². The predicted molar refractivity (Wildman–Crippen MR) is 91.1 cm³/mol. The van der Waals surface area contributed by atoms with E-state index in [9.17, 15) is 4.79 Å². The fourth-order valence-corrected chi connectivity index (χ4v) is 2.30. The van der Waals surface area contributed by atoms with Gasteiger partial charge in [0.05, 0.1) is 19.8 Å². The molecule has 5 heteroatoms. The van der Waals surface area contributed by atoms with Crippen LogP contribution >= 0.6 is 0 Å². The number of hydrogen-bond donors (Lipinski definition) is 0. The molecule has 0 bridgehead atoms. The number of ketones is 1. The van der Waals surface area contributed by atoms with Gasteiger partial charge < -0.3 is 18.9 Å². The first kappa shape index (κ1) is 17.8. The molecule has 0 saturated heterocycles. The van der Waals surface area contributed by atoms with Gasteiger partial charge in [-0.1, -0.05) is 12.1 Å². The van der Waals surface area contributed by atoms with Crippen LogP contribution < -0.4 is 14.2 Å². The van der Waals surface area contributed by atoms with Crippen molar-refractivity contribution in [2.24, 2.45) is 0 Å². The van der Waals surface area contributed by atoms with E-state index < -0.39 is 0 Å². The molecule has 5 nitrogen and oxygen atoms in total. The number of benzene rings is 2. The first-order valence-electron chi connectivity index (χ1n) is 7.64. The van der Waals surface area contributed by atoms with Crippen molar-refractivity contribution in [3.8, 4) is 17.2 Å². The summed E-state index contributed by atoms with van der Waals surface area (Å²) in [6.45, 7) is 0.217. The molecule has 0 aliphatic carbocycles. The topological polar surface area (TPSA) is 54.0 Å². The monoisotopic (exact) mass is 330 g/mol. The molecular weight excluding hydrogens is 308 g/mol. The quantitative estimate of drug-likeness (QED) is 0.520. The number of Topliss-reactive ketones (excluding diaryl/α,β-unsaturated/α-hetero) is 1. The van der Waals surface area contributed by atoms with E-state index in [-0.39, 0.29) is 12.6 Å². The Morgan fingerprint density at radius 2 is 1.62 bits per heavy atom. The summed E-state index contributed by atoms with van der Waals surface area (Å²) in [5.74, 6) is 1.97. The largest absolute Gasteiger partial charge is 0.497 e. The first-order valence-corrected chi connectivity index (χ1v) is 7.64. The van der Waals surface area contributed by atoms with Crippen molar-refractivity contribution in [2.45, 2.75) is 12.8 Å². The molecule has 0 saturated carbocycles. The van der Waals surface area contributed by atoms with Crippen LogP contribution in [-0.2, 0) is 11.2 Å². The van der Waals surface area contributed by atoms with E-state index in [4.69, 9.17) is 18.9 Å². The molecule has 0 amide bonds. The predicted octanol–water partition coefficient (Wildman–Crippen LogP) is 3.50. The van der Waals surface area contributed by atoms with E-state index in [1.165, 1.54) is 0 Å². The standard InChI is InChI=1S/C19H22O5/c1-21-13-24-15-7-4-14(5-8-15)6-11-18(20)17-10-9-16(22-2)12-19(17)23-3/h4-5,7-10,12H,6,11,13H2,1-3H3. The average Bonchev–Trinajstić information content (AvgIpc) is 2.64. The molecule has 0 heterocycles. The Morgan fingerprint density at radius 3 is 2.25 bits per heavy atom. The Labute approximate surface area is 142 Å². The van der Waals surface area contributed by atoms with E-state index in [1.54, 1.807) is 39.5 Å². The van der Waals surface area contributed by atoms with Gasteiger partial charge in [0.1, 0.15) is 17.2 Å². The lowest BCUT2D eigenvalue weighted by atomic mass is 10.0. The minimum Gasteiger partial charge on any atom is -0.497 e. The van der Waals surface area contributed by atoms with Crippen LogP contribution in [0.1, 0.15) is 22.3 Å². The Bertz CT molecular complexity index is 664. The van der Waals surface area contributed by atoms with Crippen LogP contribution in [0.25, 0.3) is 0 Å². The van der Waals surface area contributed by atoms with Gasteiger partial charge in [0.15, 0.2) is 12.6 Å². The summed E-state index contributed by atoms with van der Waals surface area (Å²) in [5.41, 5.74) is 1.64. The fourth-order valence-electron chi connectivity index (χ4n) is 2.30. The lowest BCUT2D eigenvalue weighted by molar-refractivity contribution is 0.0511. The van der Waals surface area contributed by atoms with Crippen LogP contribution in [0.4, 0.5) is 0 Å². The third kappa shape index (κ3) is 4.73. The normalized spacial score (nSPS) is 10.3. The SMILES string of the molecule is COCOc1ccc(CCC(=O)c2ccc(OC)cc2OC)cc1. The number of methoxy groups -OCH3 is 3.